The van der Waals surface area contributed by atoms with E-state index in [1.165, 1.54) is 0 Å². The first-order valence-electron chi connectivity index (χ1n) is 5.35. The standard InChI is InChI=1S/C11H25BrOSi/c1-9(2)10(8-12)13-14(6,7)11(3,4)5/h9-10H,8H2,1-7H3/t10-/m1/s1. The van der Waals surface area contributed by atoms with Gasteiger partial charge in [0.15, 0.2) is 8.32 Å². The van der Waals surface area contributed by atoms with Gasteiger partial charge in [-0.15, -0.1) is 0 Å². The Labute approximate surface area is 98.9 Å². The zero-order valence-corrected chi connectivity index (χ0v) is 13.2. The largest absolute Gasteiger partial charge is 0.413 e. The van der Waals surface area contributed by atoms with E-state index in [9.17, 15) is 0 Å². The van der Waals surface area contributed by atoms with E-state index in [4.69, 9.17) is 4.43 Å². The van der Waals surface area contributed by atoms with Crippen LogP contribution >= 0.6 is 15.9 Å². The third kappa shape index (κ3) is 4.03. The minimum Gasteiger partial charge on any atom is -0.413 e. The molecule has 3 heteroatoms. The molecule has 0 saturated heterocycles. The molecule has 0 aromatic rings. The highest BCUT2D eigenvalue weighted by Gasteiger charge is 2.39. The lowest BCUT2D eigenvalue weighted by atomic mass is 10.1. The first-order valence-corrected chi connectivity index (χ1v) is 9.38. The van der Waals surface area contributed by atoms with Crippen LogP contribution in [0.1, 0.15) is 34.6 Å². The summed E-state index contributed by atoms with van der Waals surface area (Å²) in [4.78, 5) is 0. The van der Waals surface area contributed by atoms with Crippen LogP contribution in [0.15, 0.2) is 0 Å². The molecule has 0 saturated carbocycles. The molecule has 0 unspecified atom stereocenters. The fourth-order valence-corrected chi connectivity index (χ4v) is 3.49. The minimum atomic E-state index is -1.58. The molecule has 0 heterocycles. The molecule has 0 amide bonds. The molecular formula is C11H25BrOSi. The van der Waals surface area contributed by atoms with E-state index in [2.05, 4.69) is 63.6 Å². The monoisotopic (exact) mass is 280 g/mol. The zero-order chi connectivity index (χ0) is 11.6. The summed E-state index contributed by atoms with van der Waals surface area (Å²) in [5, 5.41) is 1.25. The van der Waals surface area contributed by atoms with E-state index >= 15 is 0 Å². The Morgan fingerprint density at radius 1 is 1.21 bits per heavy atom. The quantitative estimate of drug-likeness (QED) is 0.547. The molecule has 0 aliphatic carbocycles. The van der Waals surface area contributed by atoms with Crippen molar-refractivity contribution in [3.63, 3.8) is 0 Å². The highest BCUT2D eigenvalue weighted by molar-refractivity contribution is 9.09. The molecule has 0 aliphatic rings. The number of alkyl halides is 1. The van der Waals surface area contributed by atoms with E-state index in [0.717, 1.165) is 5.33 Å². The molecule has 0 N–H and O–H groups in total. The second kappa shape index (κ2) is 5.13. The fraction of sp³-hybridized carbons (Fsp3) is 1.00. The van der Waals surface area contributed by atoms with Crippen LogP contribution in [-0.2, 0) is 4.43 Å². The fourth-order valence-electron chi connectivity index (χ4n) is 0.901. The summed E-state index contributed by atoms with van der Waals surface area (Å²) < 4.78 is 6.30. The maximum absolute atomic E-state index is 6.30. The lowest BCUT2D eigenvalue weighted by Gasteiger charge is -2.40. The smallest absolute Gasteiger partial charge is 0.192 e. The van der Waals surface area contributed by atoms with E-state index in [1.54, 1.807) is 0 Å². The van der Waals surface area contributed by atoms with E-state index in [-0.39, 0.29) is 0 Å². The summed E-state index contributed by atoms with van der Waals surface area (Å²) in [6.45, 7) is 15.9. The Balaban J connectivity index is 4.48. The van der Waals surface area contributed by atoms with Gasteiger partial charge in [-0.05, 0) is 24.1 Å². The van der Waals surface area contributed by atoms with Crippen LogP contribution in [0.25, 0.3) is 0 Å². The number of rotatable bonds is 4. The molecule has 0 aliphatic heterocycles. The Morgan fingerprint density at radius 2 is 1.64 bits per heavy atom. The van der Waals surface area contributed by atoms with Crippen molar-refractivity contribution in [2.75, 3.05) is 5.33 Å². The van der Waals surface area contributed by atoms with Crippen molar-refractivity contribution < 1.29 is 4.43 Å². The normalized spacial score (nSPS) is 16.1. The Bertz CT molecular complexity index is 173. The predicted molar refractivity (Wildman–Crippen MR) is 70.7 cm³/mol. The Morgan fingerprint density at radius 3 is 1.86 bits per heavy atom. The van der Waals surface area contributed by atoms with Gasteiger partial charge < -0.3 is 4.43 Å². The summed E-state index contributed by atoms with van der Waals surface area (Å²) >= 11 is 3.53. The van der Waals surface area contributed by atoms with Crippen molar-refractivity contribution in [3.8, 4) is 0 Å². The molecule has 0 aromatic carbocycles. The minimum absolute atomic E-state index is 0.308. The second-order valence-electron chi connectivity index (χ2n) is 5.81. The van der Waals surface area contributed by atoms with Crippen molar-refractivity contribution in [2.45, 2.75) is 58.9 Å². The van der Waals surface area contributed by atoms with Gasteiger partial charge >= 0.3 is 0 Å². The summed E-state index contributed by atoms with van der Waals surface area (Å²) in [5.74, 6) is 0.587. The lowest BCUT2D eigenvalue weighted by Crippen LogP contribution is -2.45. The predicted octanol–water partition coefficient (Wildman–Crippen LogP) is 4.43. The molecule has 0 bridgehead atoms. The van der Waals surface area contributed by atoms with Gasteiger partial charge in [-0.1, -0.05) is 50.5 Å². The topological polar surface area (TPSA) is 9.23 Å². The SMILES string of the molecule is CC(C)[C@@H](CBr)O[Si](C)(C)C(C)(C)C. The van der Waals surface area contributed by atoms with Crippen LogP contribution in [0.2, 0.25) is 18.1 Å². The average molecular weight is 281 g/mol. The van der Waals surface area contributed by atoms with Gasteiger partial charge in [-0.25, -0.2) is 0 Å². The number of hydrogen-bond acceptors (Lipinski definition) is 1. The maximum atomic E-state index is 6.30. The van der Waals surface area contributed by atoms with Crippen molar-refractivity contribution in [1.29, 1.82) is 0 Å². The number of hydrogen-bond donors (Lipinski definition) is 0. The average Bonchev–Trinajstić information content (AvgIpc) is 1.97. The zero-order valence-electron chi connectivity index (χ0n) is 10.6. The molecule has 1 nitrogen and oxygen atoms in total. The molecule has 0 radical (unpaired) electrons. The maximum Gasteiger partial charge on any atom is 0.192 e. The summed E-state index contributed by atoms with van der Waals surface area (Å²) in [6, 6.07) is 0. The molecule has 86 valence electrons. The molecule has 0 rings (SSSR count). The van der Waals surface area contributed by atoms with Crippen molar-refractivity contribution in [1.82, 2.24) is 0 Å². The van der Waals surface area contributed by atoms with E-state index in [0.29, 0.717) is 17.1 Å². The highest BCUT2D eigenvalue weighted by atomic mass is 79.9. The summed E-state index contributed by atoms with van der Waals surface area (Å²) in [7, 11) is -1.58. The van der Waals surface area contributed by atoms with Crippen LogP contribution < -0.4 is 0 Å². The number of halogens is 1. The highest BCUT2D eigenvalue weighted by Crippen LogP contribution is 2.38. The van der Waals surface area contributed by atoms with Gasteiger partial charge in [0.05, 0.1) is 6.10 Å². The Kier molecular flexibility index (Phi) is 5.37. The molecule has 0 fully saturated rings. The van der Waals surface area contributed by atoms with Crippen molar-refractivity contribution in [3.05, 3.63) is 0 Å². The van der Waals surface area contributed by atoms with Crippen LogP contribution in [0, 0.1) is 5.92 Å². The Hall–Kier alpha value is 0.657. The van der Waals surface area contributed by atoms with Gasteiger partial charge in [-0.3, -0.25) is 0 Å². The lowest BCUT2D eigenvalue weighted by molar-refractivity contribution is 0.157. The first kappa shape index (κ1) is 14.7. The molecule has 0 aromatic heterocycles. The molecule has 0 spiro atoms. The van der Waals surface area contributed by atoms with Crippen LogP contribution in [0.4, 0.5) is 0 Å². The van der Waals surface area contributed by atoms with Crippen LogP contribution in [-0.4, -0.2) is 19.8 Å². The van der Waals surface area contributed by atoms with Gasteiger partial charge in [0.25, 0.3) is 0 Å². The van der Waals surface area contributed by atoms with E-state index < -0.39 is 8.32 Å². The van der Waals surface area contributed by atoms with Gasteiger partial charge in [0, 0.05) is 5.33 Å². The van der Waals surface area contributed by atoms with Gasteiger partial charge in [0.1, 0.15) is 0 Å². The summed E-state index contributed by atoms with van der Waals surface area (Å²) in [6.07, 6.45) is 0.357. The first-order chi connectivity index (χ1) is 6.12. The van der Waals surface area contributed by atoms with Crippen molar-refractivity contribution in [2.24, 2.45) is 5.92 Å². The third-order valence-corrected chi connectivity index (χ3v) is 8.29. The summed E-state index contributed by atoms with van der Waals surface area (Å²) in [5.41, 5.74) is 0. The molecular weight excluding hydrogens is 256 g/mol. The molecule has 1 atom stereocenters. The third-order valence-electron chi connectivity index (χ3n) is 3.15. The van der Waals surface area contributed by atoms with Crippen molar-refractivity contribution >= 4 is 24.2 Å². The van der Waals surface area contributed by atoms with Gasteiger partial charge in [-0.2, -0.15) is 0 Å². The van der Waals surface area contributed by atoms with Gasteiger partial charge in [0.2, 0.25) is 0 Å². The second-order valence-corrected chi connectivity index (χ2v) is 11.2. The van der Waals surface area contributed by atoms with Crippen LogP contribution in [0.5, 0.6) is 0 Å². The molecule has 14 heavy (non-hydrogen) atoms. The van der Waals surface area contributed by atoms with E-state index in [1.807, 2.05) is 0 Å². The van der Waals surface area contributed by atoms with Crippen LogP contribution in [0.3, 0.4) is 0 Å².